The molecule has 5 aliphatic heterocycles. The van der Waals surface area contributed by atoms with Crippen molar-refractivity contribution in [2.24, 2.45) is 5.92 Å². The fourth-order valence-electron chi connectivity index (χ4n) is 8.08. The molecule has 0 aliphatic carbocycles. The highest BCUT2D eigenvalue weighted by Crippen LogP contribution is 2.44. The highest BCUT2D eigenvalue weighted by atomic mass is 35.5. The van der Waals surface area contributed by atoms with Gasteiger partial charge < -0.3 is 20.7 Å². The smallest absolute Gasteiger partial charge is 0.319 e. The van der Waals surface area contributed by atoms with Crippen LogP contribution in [-0.4, -0.2) is 71.8 Å². The molecule has 8 nitrogen and oxygen atoms in total. The molecule has 2 aromatic carbocycles. The number of hydrogen-bond donors (Lipinski definition) is 2. The van der Waals surface area contributed by atoms with E-state index in [4.69, 9.17) is 38.7 Å². The topological polar surface area (TPSA) is 96.6 Å². The van der Waals surface area contributed by atoms with Crippen LogP contribution in [0.1, 0.15) is 63.4 Å². The summed E-state index contributed by atoms with van der Waals surface area (Å²) < 4.78 is 37.8. The van der Waals surface area contributed by atoms with E-state index in [1.54, 1.807) is 18.2 Å². The lowest BCUT2D eigenvalue weighted by Gasteiger charge is -2.35. The molecular formula is C34H40Cl2F2N6O2. The van der Waals surface area contributed by atoms with Gasteiger partial charge in [-0.05, 0) is 93.2 Å². The summed E-state index contributed by atoms with van der Waals surface area (Å²) in [5.41, 5.74) is 7.69. The molecule has 3 unspecified atom stereocenters. The van der Waals surface area contributed by atoms with Crippen LogP contribution in [0, 0.1) is 11.7 Å². The number of alkyl halides is 1. The van der Waals surface area contributed by atoms with Gasteiger partial charge in [0, 0.05) is 60.7 Å². The maximum Gasteiger partial charge on any atom is 0.319 e. The molecule has 0 saturated carbocycles. The molecule has 3 atom stereocenters. The maximum atomic E-state index is 17.0. The van der Waals surface area contributed by atoms with Gasteiger partial charge in [0.05, 0.1) is 10.6 Å². The zero-order valence-electron chi connectivity index (χ0n) is 25.9. The van der Waals surface area contributed by atoms with Crippen LogP contribution < -0.4 is 20.7 Å². The van der Waals surface area contributed by atoms with Gasteiger partial charge >= 0.3 is 6.01 Å². The van der Waals surface area contributed by atoms with Crippen LogP contribution in [0.25, 0.3) is 22.0 Å². The minimum Gasteiger partial charge on any atom is -0.461 e. The number of amides is 1. The highest BCUT2D eigenvalue weighted by molar-refractivity contribution is 6.35. The number of hydrogen-bond acceptors (Lipinski definition) is 7. The van der Waals surface area contributed by atoms with E-state index in [1.807, 2.05) is 0 Å². The normalized spacial score (nSPS) is 25.7. The highest BCUT2D eigenvalue weighted by Gasteiger charge is 2.49. The number of carbonyl (C=O) groups is 1. The number of ether oxygens (including phenoxy) is 1. The van der Waals surface area contributed by atoms with Crippen LogP contribution in [-0.2, 0) is 11.2 Å². The van der Waals surface area contributed by atoms with Crippen LogP contribution in [0.3, 0.4) is 0 Å². The van der Waals surface area contributed by atoms with E-state index in [0.29, 0.717) is 90.7 Å². The van der Waals surface area contributed by atoms with Crippen LogP contribution in [0.4, 0.5) is 20.3 Å². The van der Waals surface area contributed by atoms with E-state index in [2.05, 4.69) is 20.1 Å². The first-order valence-electron chi connectivity index (χ1n) is 16.5. The van der Waals surface area contributed by atoms with Gasteiger partial charge in [-0.2, -0.15) is 9.97 Å². The zero-order chi connectivity index (χ0) is 32.0. The lowest BCUT2D eigenvalue weighted by molar-refractivity contribution is -0.121. The van der Waals surface area contributed by atoms with Gasteiger partial charge in [0.15, 0.2) is 5.82 Å². The molecule has 6 bridgehead atoms. The molecule has 3 fully saturated rings. The molecule has 246 valence electrons. The third-order valence-electron chi connectivity index (χ3n) is 10.3. The monoisotopic (exact) mass is 672 g/mol. The molecular weight excluding hydrogens is 633 g/mol. The molecule has 0 radical (unpaired) electrons. The summed E-state index contributed by atoms with van der Waals surface area (Å²) in [4.78, 5) is 26.4. The summed E-state index contributed by atoms with van der Waals surface area (Å²) in [7, 11) is 0. The van der Waals surface area contributed by atoms with Crippen molar-refractivity contribution in [2.75, 3.05) is 50.0 Å². The standard InChI is InChI=1S/C34H40Cl2F2N6O2/c35-26-14-22(39)13-24-23(26)6-1-2-7-28(45)40-10-8-20-5-3-11-43(17-20)32-25-15-27(36)29(24)30(38)31(25)41-33(42-32)46-19-34-9-4-12-44(34)18-21(37)16-34/h13-15,20-21H,1-12,16-19,39H2,(H,40,45). The van der Waals surface area contributed by atoms with Crippen molar-refractivity contribution in [1.29, 1.82) is 0 Å². The van der Waals surface area contributed by atoms with E-state index in [1.165, 1.54) is 0 Å². The molecule has 3 N–H and O–H groups in total. The Balaban J connectivity index is 1.36. The third kappa shape index (κ3) is 6.08. The number of fused-ring (bicyclic) bond motifs is 9. The van der Waals surface area contributed by atoms with Crippen LogP contribution in [0.5, 0.6) is 6.01 Å². The predicted molar refractivity (Wildman–Crippen MR) is 178 cm³/mol. The van der Waals surface area contributed by atoms with Gasteiger partial charge in [0.2, 0.25) is 5.91 Å². The average molecular weight is 674 g/mol. The number of rotatable bonds is 3. The van der Waals surface area contributed by atoms with Gasteiger partial charge in [-0.1, -0.05) is 23.2 Å². The van der Waals surface area contributed by atoms with Gasteiger partial charge in [-0.3, -0.25) is 9.69 Å². The second-order valence-corrected chi connectivity index (χ2v) is 14.3. The van der Waals surface area contributed by atoms with Gasteiger partial charge in [-0.15, -0.1) is 0 Å². The fourth-order valence-corrected chi connectivity index (χ4v) is 8.70. The number of halogens is 4. The Morgan fingerprint density at radius 1 is 1.04 bits per heavy atom. The molecule has 6 heterocycles. The minimum absolute atomic E-state index is 0.0299. The molecule has 5 aliphatic rings. The van der Waals surface area contributed by atoms with Gasteiger partial charge in [-0.25, -0.2) is 8.78 Å². The summed E-state index contributed by atoms with van der Waals surface area (Å²) in [5.74, 6) is 0.314. The average Bonchev–Trinajstić information content (AvgIpc) is 3.54. The first-order chi connectivity index (χ1) is 22.2. The predicted octanol–water partition coefficient (Wildman–Crippen LogP) is 6.73. The first-order valence-corrected chi connectivity index (χ1v) is 17.3. The number of nitrogen functional groups attached to an aromatic ring is 1. The van der Waals surface area contributed by atoms with E-state index >= 15 is 4.39 Å². The molecule has 3 aromatic rings. The summed E-state index contributed by atoms with van der Waals surface area (Å²) in [6, 6.07) is 5.15. The second-order valence-electron chi connectivity index (χ2n) is 13.5. The van der Waals surface area contributed by atoms with E-state index in [9.17, 15) is 9.18 Å². The number of anilines is 2. The first kappa shape index (κ1) is 31.6. The molecule has 1 aromatic heterocycles. The van der Waals surface area contributed by atoms with E-state index < -0.39 is 17.5 Å². The fraction of sp³-hybridized carbons (Fsp3) is 0.559. The maximum absolute atomic E-state index is 17.0. The van der Waals surface area contributed by atoms with Crippen molar-refractivity contribution < 1.29 is 18.3 Å². The minimum atomic E-state index is -0.895. The number of nitrogens with zero attached hydrogens (tertiary/aromatic N) is 4. The molecule has 1 amide bonds. The Labute approximate surface area is 278 Å². The molecule has 8 rings (SSSR count). The summed E-state index contributed by atoms with van der Waals surface area (Å²) in [6.45, 7) is 3.50. The van der Waals surface area contributed by atoms with Gasteiger partial charge in [0.1, 0.15) is 24.1 Å². The number of aromatic nitrogens is 2. The Bertz CT molecular complexity index is 1660. The summed E-state index contributed by atoms with van der Waals surface area (Å²) in [5, 5.41) is 4.21. The van der Waals surface area contributed by atoms with Crippen molar-refractivity contribution in [3.05, 3.63) is 39.6 Å². The Kier molecular flexibility index (Phi) is 8.89. The SMILES string of the molecule is Nc1cc(Cl)c2c(c1)-c1c(Cl)cc3c(nc(OCC45CCCN4CC(F)C5)nc3c1F)N1CCCC(CCNC(=O)CCCC2)C1. The van der Waals surface area contributed by atoms with E-state index in [-0.39, 0.29) is 34.6 Å². The summed E-state index contributed by atoms with van der Waals surface area (Å²) >= 11 is 13.6. The van der Waals surface area contributed by atoms with Gasteiger partial charge in [0.25, 0.3) is 0 Å². The van der Waals surface area contributed by atoms with Crippen LogP contribution in [0.2, 0.25) is 10.0 Å². The van der Waals surface area contributed by atoms with Crippen molar-refractivity contribution in [1.82, 2.24) is 20.2 Å². The Morgan fingerprint density at radius 3 is 2.76 bits per heavy atom. The third-order valence-corrected chi connectivity index (χ3v) is 11.0. The summed E-state index contributed by atoms with van der Waals surface area (Å²) in [6.07, 6.45) is 6.39. The molecule has 3 saturated heterocycles. The number of benzene rings is 2. The van der Waals surface area contributed by atoms with Crippen molar-refractivity contribution in [3.8, 4) is 17.1 Å². The quantitative estimate of drug-likeness (QED) is 0.298. The van der Waals surface area contributed by atoms with Crippen molar-refractivity contribution >= 4 is 51.5 Å². The number of nitrogens with one attached hydrogen (secondary N) is 1. The van der Waals surface area contributed by atoms with Crippen LogP contribution >= 0.6 is 23.2 Å². The number of piperidine rings is 1. The molecule has 46 heavy (non-hydrogen) atoms. The second kappa shape index (κ2) is 12.9. The van der Waals surface area contributed by atoms with Crippen LogP contribution in [0.15, 0.2) is 18.2 Å². The molecule has 0 spiro atoms. The van der Waals surface area contributed by atoms with E-state index in [0.717, 1.165) is 45.2 Å². The zero-order valence-corrected chi connectivity index (χ0v) is 27.4. The Morgan fingerprint density at radius 2 is 1.89 bits per heavy atom. The number of carbonyl (C=O) groups excluding carboxylic acids is 1. The van der Waals surface area contributed by atoms with Crippen molar-refractivity contribution in [3.63, 3.8) is 0 Å². The lowest BCUT2D eigenvalue weighted by atomic mass is 9.92. The largest absolute Gasteiger partial charge is 0.461 e. The Hall–Kier alpha value is -2.95. The van der Waals surface area contributed by atoms with Crippen molar-refractivity contribution in [2.45, 2.75) is 75.9 Å². The number of nitrogens with two attached hydrogens (primary N) is 1. The lowest BCUT2D eigenvalue weighted by Crippen LogP contribution is -2.43. The molecule has 12 heteroatoms.